The van der Waals surface area contributed by atoms with Crippen LogP contribution in [-0.4, -0.2) is 41.6 Å². The smallest absolute Gasteiger partial charge is 0.349 e. The van der Waals surface area contributed by atoms with Crippen LogP contribution in [0.15, 0.2) is 46.3 Å². The zero-order chi connectivity index (χ0) is 24.3. The van der Waals surface area contributed by atoms with Crippen LogP contribution in [0.5, 0.6) is 0 Å². The van der Waals surface area contributed by atoms with Gasteiger partial charge >= 0.3 is 5.69 Å². The van der Waals surface area contributed by atoms with Crippen molar-refractivity contribution in [2.45, 2.75) is 38.3 Å². The lowest BCUT2D eigenvalue weighted by Crippen LogP contribution is -2.34. The molecule has 0 N–H and O–H groups in total. The first-order valence-corrected chi connectivity index (χ1v) is 12.1. The Labute approximate surface area is 205 Å². The number of furan rings is 1. The van der Waals surface area contributed by atoms with Crippen LogP contribution in [-0.2, 0) is 18.8 Å². The standard InChI is InChI=1S/C25H25ClN6O3/c1-4-17-9-16(5-6-34-17)32-22-18-7-14(20-12-30(2)13-27-20)8-19(26)23(18)35-24(22)21(29-25(32)33)15-10-28-31(3)11-15/h7-8,10-13,16-17H,4-6,9H2,1-3H3. The second kappa shape index (κ2) is 8.35. The van der Waals surface area contributed by atoms with E-state index in [4.69, 9.17) is 20.8 Å². The molecule has 9 nitrogen and oxygen atoms in total. The lowest BCUT2D eigenvalue weighted by molar-refractivity contribution is -0.00709. The van der Waals surface area contributed by atoms with Crippen LogP contribution in [0.1, 0.15) is 32.2 Å². The van der Waals surface area contributed by atoms with Crippen LogP contribution in [0.2, 0.25) is 5.02 Å². The summed E-state index contributed by atoms with van der Waals surface area (Å²) in [5, 5.41) is 5.48. The molecule has 35 heavy (non-hydrogen) atoms. The number of hydrogen-bond donors (Lipinski definition) is 0. The van der Waals surface area contributed by atoms with Crippen molar-refractivity contribution in [1.29, 1.82) is 0 Å². The zero-order valence-electron chi connectivity index (χ0n) is 19.7. The maximum absolute atomic E-state index is 13.6. The molecule has 5 aromatic rings. The number of aryl methyl sites for hydroxylation is 2. The average molecular weight is 493 g/mol. The summed E-state index contributed by atoms with van der Waals surface area (Å²) in [5.41, 5.74) is 4.22. The van der Waals surface area contributed by atoms with Gasteiger partial charge in [-0.1, -0.05) is 18.5 Å². The average Bonchev–Trinajstić information content (AvgIpc) is 3.57. The molecule has 2 unspecified atom stereocenters. The van der Waals surface area contributed by atoms with E-state index in [1.54, 1.807) is 21.8 Å². The van der Waals surface area contributed by atoms with E-state index in [0.717, 1.165) is 35.9 Å². The van der Waals surface area contributed by atoms with Gasteiger partial charge in [0.1, 0.15) is 11.2 Å². The second-order valence-corrected chi connectivity index (χ2v) is 9.54. The van der Waals surface area contributed by atoms with Crippen molar-refractivity contribution in [2.75, 3.05) is 6.61 Å². The third kappa shape index (κ3) is 3.66. The van der Waals surface area contributed by atoms with Crippen LogP contribution in [0.3, 0.4) is 0 Å². The molecule has 0 saturated carbocycles. The number of hydrogen-bond acceptors (Lipinski definition) is 6. The second-order valence-electron chi connectivity index (χ2n) is 9.13. The van der Waals surface area contributed by atoms with Crippen LogP contribution in [0.4, 0.5) is 0 Å². The largest absolute Gasteiger partial charge is 0.451 e. The van der Waals surface area contributed by atoms with Gasteiger partial charge in [0.15, 0.2) is 11.2 Å². The Hall–Kier alpha value is -3.43. The number of nitrogens with zero attached hydrogens (tertiary/aromatic N) is 6. The van der Waals surface area contributed by atoms with Gasteiger partial charge in [-0.05, 0) is 31.4 Å². The van der Waals surface area contributed by atoms with Gasteiger partial charge in [0.05, 0.1) is 29.3 Å². The first-order chi connectivity index (χ1) is 16.9. The first-order valence-electron chi connectivity index (χ1n) is 11.7. The Morgan fingerprint density at radius 1 is 1.17 bits per heavy atom. The van der Waals surface area contributed by atoms with Crippen LogP contribution in [0, 0.1) is 0 Å². The Kier molecular flexibility index (Phi) is 5.26. The van der Waals surface area contributed by atoms with Gasteiger partial charge in [-0.3, -0.25) is 9.25 Å². The van der Waals surface area contributed by atoms with Crippen LogP contribution < -0.4 is 5.69 Å². The molecule has 1 saturated heterocycles. The summed E-state index contributed by atoms with van der Waals surface area (Å²) in [6.07, 6.45) is 9.62. The Morgan fingerprint density at radius 2 is 2.03 bits per heavy atom. The van der Waals surface area contributed by atoms with Gasteiger partial charge in [-0.25, -0.2) is 9.78 Å². The molecule has 180 valence electrons. The highest BCUT2D eigenvalue weighted by atomic mass is 35.5. The number of imidazole rings is 1. The molecule has 0 amide bonds. The summed E-state index contributed by atoms with van der Waals surface area (Å²) in [4.78, 5) is 22.6. The molecule has 1 aliphatic heterocycles. The Bertz CT molecular complexity index is 1630. The highest BCUT2D eigenvalue weighted by Gasteiger charge is 2.29. The lowest BCUT2D eigenvalue weighted by atomic mass is 10.0. The predicted molar refractivity (Wildman–Crippen MR) is 133 cm³/mol. The van der Waals surface area contributed by atoms with Gasteiger partial charge in [-0.2, -0.15) is 10.1 Å². The van der Waals surface area contributed by atoms with Crippen molar-refractivity contribution >= 4 is 33.7 Å². The number of ether oxygens (including phenoxy) is 1. The minimum atomic E-state index is -0.319. The van der Waals surface area contributed by atoms with E-state index >= 15 is 0 Å². The molecular formula is C25H25ClN6O3. The van der Waals surface area contributed by atoms with Gasteiger partial charge in [0.25, 0.3) is 0 Å². The molecule has 2 atom stereocenters. The fourth-order valence-corrected chi connectivity index (χ4v) is 5.27. The van der Waals surface area contributed by atoms with E-state index < -0.39 is 0 Å². The molecule has 1 aliphatic rings. The molecule has 5 heterocycles. The van der Waals surface area contributed by atoms with Gasteiger partial charge in [0.2, 0.25) is 0 Å². The maximum atomic E-state index is 13.6. The van der Waals surface area contributed by atoms with E-state index in [2.05, 4.69) is 22.0 Å². The maximum Gasteiger partial charge on any atom is 0.349 e. The van der Waals surface area contributed by atoms with Gasteiger partial charge in [0, 0.05) is 55.7 Å². The number of rotatable bonds is 4. The molecule has 0 bridgehead atoms. The van der Waals surface area contributed by atoms with E-state index in [9.17, 15) is 4.79 Å². The Morgan fingerprint density at radius 3 is 2.74 bits per heavy atom. The van der Waals surface area contributed by atoms with E-state index in [0.29, 0.717) is 39.6 Å². The highest BCUT2D eigenvalue weighted by Crippen LogP contribution is 2.41. The monoisotopic (exact) mass is 492 g/mol. The minimum absolute atomic E-state index is 0.0581. The highest BCUT2D eigenvalue weighted by molar-refractivity contribution is 6.36. The van der Waals surface area contributed by atoms with Gasteiger partial charge in [-0.15, -0.1) is 0 Å². The SMILES string of the molecule is CCC1CC(n2c(=O)nc(-c3cnn(C)c3)c3oc4c(Cl)cc(-c5cn(C)cn5)cc4c32)CCO1. The Balaban J connectivity index is 1.68. The number of aromatic nitrogens is 6. The van der Waals surface area contributed by atoms with Crippen LogP contribution in [0.25, 0.3) is 44.6 Å². The minimum Gasteiger partial charge on any atom is -0.451 e. The third-order valence-electron chi connectivity index (χ3n) is 6.73. The quantitative estimate of drug-likeness (QED) is 0.360. The summed E-state index contributed by atoms with van der Waals surface area (Å²) >= 11 is 6.74. The normalized spacial score (nSPS) is 18.6. The summed E-state index contributed by atoms with van der Waals surface area (Å²) < 4.78 is 17.6. The summed E-state index contributed by atoms with van der Waals surface area (Å²) in [5.74, 6) is 0. The molecule has 1 fully saturated rings. The molecule has 1 aromatic carbocycles. The number of halogens is 1. The van der Waals surface area contributed by atoms with Crippen molar-refractivity contribution < 1.29 is 9.15 Å². The fraction of sp³-hybridized carbons (Fsp3) is 0.360. The van der Waals surface area contributed by atoms with Crippen molar-refractivity contribution in [3.63, 3.8) is 0 Å². The van der Waals surface area contributed by atoms with Crippen molar-refractivity contribution in [3.05, 3.63) is 52.6 Å². The van der Waals surface area contributed by atoms with E-state index in [1.807, 2.05) is 43.2 Å². The molecule has 4 aromatic heterocycles. The predicted octanol–water partition coefficient (Wildman–Crippen LogP) is 4.73. The van der Waals surface area contributed by atoms with E-state index in [1.165, 1.54) is 0 Å². The topological polar surface area (TPSA) is 92.9 Å². The molecule has 0 aliphatic carbocycles. The molecule has 10 heteroatoms. The van der Waals surface area contributed by atoms with Crippen molar-refractivity contribution in [3.8, 4) is 22.5 Å². The summed E-state index contributed by atoms with van der Waals surface area (Å²) in [6.45, 7) is 2.69. The van der Waals surface area contributed by atoms with Gasteiger partial charge < -0.3 is 13.7 Å². The summed E-state index contributed by atoms with van der Waals surface area (Å²) in [7, 11) is 3.74. The van der Waals surface area contributed by atoms with E-state index in [-0.39, 0.29) is 17.8 Å². The third-order valence-corrected chi connectivity index (χ3v) is 7.01. The zero-order valence-corrected chi connectivity index (χ0v) is 20.5. The molecule has 0 spiro atoms. The summed E-state index contributed by atoms with van der Waals surface area (Å²) in [6, 6.07) is 3.78. The fourth-order valence-electron chi connectivity index (χ4n) is 5.01. The van der Waals surface area contributed by atoms with Crippen molar-refractivity contribution in [1.82, 2.24) is 28.9 Å². The number of benzene rings is 1. The van der Waals surface area contributed by atoms with Crippen molar-refractivity contribution in [2.24, 2.45) is 14.1 Å². The molecular weight excluding hydrogens is 468 g/mol. The van der Waals surface area contributed by atoms with Crippen LogP contribution >= 0.6 is 11.6 Å². The first kappa shape index (κ1) is 22.1. The number of fused-ring (bicyclic) bond motifs is 3. The lowest BCUT2D eigenvalue weighted by Gasteiger charge is -2.30. The molecule has 6 rings (SSSR count). The molecule has 0 radical (unpaired) electrons.